The molecule has 0 aliphatic carbocycles. The highest BCUT2D eigenvalue weighted by Gasteiger charge is 2.07. The molecule has 1 aromatic rings. The zero-order valence-corrected chi connectivity index (χ0v) is 9.01. The van der Waals surface area contributed by atoms with Gasteiger partial charge in [0.2, 0.25) is 6.08 Å². The van der Waals surface area contributed by atoms with Gasteiger partial charge in [-0.25, -0.2) is 4.79 Å². The van der Waals surface area contributed by atoms with E-state index in [1.54, 1.807) is 24.3 Å². The van der Waals surface area contributed by atoms with Crippen LogP contribution in [0.2, 0.25) is 0 Å². The lowest BCUT2D eigenvalue weighted by Gasteiger charge is -2.06. The second-order valence-corrected chi connectivity index (χ2v) is 3.17. The maximum Gasteiger partial charge on any atom is 0.236 e. The minimum Gasteiger partial charge on any atom is -0.494 e. The minimum atomic E-state index is -0.780. The van der Waals surface area contributed by atoms with Crippen LogP contribution in [-0.4, -0.2) is 12.7 Å². The van der Waals surface area contributed by atoms with E-state index in [1.807, 2.05) is 13.0 Å². The van der Waals surface area contributed by atoms with Crippen LogP contribution in [0.15, 0.2) is 29.3 Å². The van der Waals surface area contributed by atoms with Gasteiger partial charge < -0.3 is 4.74 Å². The molecule has 0 heterocycles. The third-order valence-electron chi connectivity index (χ3n) is 1.97. The van der Waals surface area contributed by atoms with Crippen LogP contribution in [0, 0.1) is 11.3 Å². The summed E-state index contributed by atoms with van der Waals surface area (Å²) in [6.07, 6.45) is 2.33. The van der Waals surface area contributed by atoms with E-state index < -0.39 is 6.04 Å². The average molecular weight is 216 g/mol. The summed E-state index contributed by atoms with van der Waals surface area (Å²) in [5, 5.41) is 8.77. The molecular formula is C12H12N2O2. The molecular weight excluding hydrogens is 204 g/mol. The predicted octanol–water partition coefficient (Wildman–Crippen LogP) is 2.38. The quantitative estimate of drug-likeness (QED) is 0.560. The van der Waals surface area contributed by atoms with Gasteiger partial charge >= 0.3 is 0 Å². The molecule has 1 aromatic carbocycles. The Bertz CT molecular complexity index is 414. The number of hydrogen-bond acceptors (Lipinski definition) is 4. The largest absolute Gasteiger partial charge is 0.494 e. The Morgan fingerprint density at radius 1 is 1.44 bits per heavy atom. The molecule has 0 radical (unpaired) electrons. The van der Waals surface area contributed by atoms with Crippen LogP contribution in [-0.2, 0) is 4.79 Å². The first-order chi connectivity index (χ1) is 7.81. The van der Waals surface area contributed by atoms with Crippen molar-refractivity contribution in [2.45, 2.75) is 19.4 Å². The topological polar surface area (TPSA) is 62.4 Å². The van der Waals surface area contributed by atoms with Crippen LogP contribution in [0.1, 0.15) is 24.9 Å². The number of isocyanates is 1. The zero-order valence-electron chi connectivity index (χ0n) is 9.01. The van der Waals surface area contributed by atoms with Gasteiger partial charge in [-0.3, -0.25) is 0 Å². The standard InChI is InChI=1S/C12H12N2O2/c1-2-7-16-11-5-3-10(4-6-11)12(8-13)14-9-15/h3-6,12H,2,7H2,1H3. The van der Waals surface area contributed by atoms with Crippen LogP contribution in [0.4, 0.5) is 0 Å². The van der Waals surface area contributed by atoms with Gasteiger partial charge in [-0.2, -0.15) is 10.3 Å². The van der Waals surface area contributed by atoms with Crippen molar-refractivity contribution in [3.63, 3.8) is 0 Å². The van der Waals surface area contributed by atoms with E-state index in [9.17, 15) is 4.79 Å². The van der Waals surface area contributed by atoms with Crippen molar-refractivity contribution in [2.75, 3.05) is 6.61 Å². The highest BCUT2D eigenvalue weighted by Crippen LogP contribution is 2.19. The van der Waals surface area contributed by atoms with Gasteiger partial charge in [0.25, 0.3) is 0 Å². The van der Waals surface area contributed by atoms with Gasteiger partial charge in [-0.15, -0.1) is 0 Å². The van der Waals surface area contributed by atoms with E-state index in [1.165, 1.54) is 6.08 Å². The second kappa shape index (κ2) is 6.39. The number of ether oxygens (including phenoxy) is 1. The predicted molar refractivity (Wildman–Crippen MR) is 58.7 cm³/mol. The second-order valence-electron chi connectivity index (χ2n) is 3.17. The molecule has 4 heteroatoms. The van der Waals surface area contributed by atoms with Gasteiger partial charge in [-0.1, -0.05) is 19.1 Å². The maximum absolute atomic E-state index is 10.1. The highest BCUT2D eigenvalue weighted by atomic mass is 16.5. The number of benzene rings is 1. The Morgan fingerprint density at radius 3 is 2.62 bits per heavy atom. The highest BCUT2D eigenvalue weighted by molar-refractivity contribution is 5.39. The van der Waals surface area contributed by atoms with Crippen LogP contribution >= 0.6 is 0 Å². The Kier molecular flexibility index (Phi) is 4.78. The fourth-order valence-electron chi connectivity index (χ4n) is 1.20. The number of nitriles is 1. The van der Waals surface area contributed by atoms with Crippen LogP contribution in [0.5, 0.6) is 5.75 Å². The molecule has 0 amide bonds. The lowest BCUT2D eigenvalue weighted by atomic mass is 10.1. The number of rotatable bonds is 5. The van der Waals surface area contributed by atoms with E-state index in [4.69, 9.17) is 10.00 Å². The van der Waals surface area contributed by atoms with E-state index in [-0.39, 0.29) is 0 Å². The normalized spacial score (nSPS) is 11.0. The number of aliphatic imine (C=N–C) groups is 1. The molecule has 1 unspecified atom stereocenters. The monoisotopic (exact) mass is 216 g/mol. The Labute approximate surface area is 94.2 Å². The molecule has 0 N–H and O–H groups in total. The van der Waals surface area contributed by atoms with Gasteiger partial charge in [0.05, 0.1) is 12.7 Å². The van der Waals surface area contributed by atoms with Crippen LogP contribution in [0.3, 0.4) is 0 Å². The van der Waals surface area contributed by atoms with Crippen molar-refractivity contribution in [1.29, 1.82) is 5.26 Å². The fraction of sp³-hybridized carbons (Fsp3) is 0.333. The first-order valence-corrected chi connectivity index (χ1v) is 5.01. The lowest BCUT2D eigenvalue weighted by molar-refractivity contribution is 0.317. The van der Waals surface area contributed by atoms with Gasteiger partial charge in [0.1, 0.15) is 5.75 Å². The molecule has 1 rings (SSSR count). The Balaban J connectivity index is 2.77. The smallest absolute Gasteiger partial charge is 0.236 e. The van der Waals surface area contributed by atoms with E-state index >= 15 is 0 Å². The SMILES string of the molecule is CCCOc1ccc(C(C#N)N=C=O)cc1. The van der Waals surface area contributed by atoms with Crippen molar-refractivity contribution in [2.24, 2.45) is 4.99 Å². The molecule has 0 saturated heterocycles. The zero-order chi connectivity index (χ0) is 11.8. The molecule has 1 atom stereocenters. The van der Waals surface area contributed by atoms with Crippen molar-refractivity contribution >= 4 is 6.08 Å². The van der Waals surface area contributed by atoms with Crippen molar-refractivity contribution < 1.29 is 9.53 Å². The van der Waals surface area contributed by atoms with E-state index in [0.717, 1.165) is 12.2 Å². The lowest BCUT2D eigenvalue weighted by Crippen LogP contribution is -1.96. The number of carbonyl (C=O) groups excluding carboxylic acids is 1. The molecule has 0 fully saturated rings. The first-order valence-electron chi connectivity index (χ1n) is 5.01. The number of nitrogens with zero attached hydrogens (tertiary/aromatic N) is 2. The third kappa shape index (κ3) is 3.23. The number of hydrogen-bond donors (Lipinski definition) is 0. The summed E-state index contributed by atoms with van der Waals surface area (Å²) >= 11 is 0. The summed E-state index contributed by atoms with van der Waals surface area (Å²) in [6.45, 7) is 2.69. The molecule has 0 spiro atoms. The summed E-state index contributed by atoms with van der Waals surface area (Å²) in [4.78, 5) is 13.5. The van der Waals surface area contributed by atoms with E-state index in [2.05, 4.69) is 4.99 Å². The average Bonchev–Trinajstić information content (AvgIpc) is 2.34. The van der Waals surface area contributed by atoms with Crippen LogP contribution in [0.25, 0.3) is 0 Å². The summed E-state index contributed by atoms with van der Waals surface area (Å²) < 4.78 is 5.39. The van der Waals surface area contributed by atoms with Crippen molar-refractivity contribution in [3.05, 3.63) is 29.8 Å². The summed E-state index contributed by atoms with van der Waals surface area (Å²) in [5.74, 6) is 0.748. The summed E-state index contributed by atoms with van der Waals surface area (Å²) in [5.41, 5.74) is 0.662. The Morgan fingerprint density at radius 2 is 2.12 bits per heavy atom. The van der Waals surface area contributed by atoms with Gasteiger partial charge in [0.15, 0.2) is 6.04 Å². The van der Waals surface area contributed by atoms with Crippen LogP contribution < -0.4 is 4.74 Å². The van der Waals surface area contributed by atoms with E-state index in [0.29, 0.717) is 12.2 Å². The van der Waals surface area contributed by atoms with Crippen molar-refractivity contribution in [1.82, 2.24) is 0 Å². The molecule has 16 heavy (non-hydrogen) atoms. The molecule has 0 bridgehead atoms. The van der Waals surface area contributed by atoms with Crippen molar-refractivity contribution in [3.8, 4) is 11.8 Å². The summed E-state index contributed by atoms with van der Waals surface area (Å²) in [6, 6.07) is 8.10. The molecule has 0 aliphatic heterocycles. The maximum atomic E-state index is 10.1. The minimum absolute atomic E-state index is 0.660. The molecule has 0 aromatic heterocycles. The molecule has 82 valence electrons. The molecule has 4 nitrogen and oxygen atoms in total. The third-order valence-corrected chi connectivity index (χ3v) is 1.97. The first kappa shape index (κ1) is 12.0. The molecule has 0 saturated carbocycles. The van der Waals surface area contributed by atoms with Gasteiger partial charge in [-0.05, 0) is 24.1 Å². The fourth-order valence-corrected chi connectivity index (χ4v) is 1.20. The Hall–Kier alpha value is -2.11. The van der Waals surface area contributed by atoms with Gasteiger partial charge in [0, 0.05) is 0 Å². The molecule has 0 aliphatic rings. The summed E-state index contributed by atoms with van der Waals surface area (Å²) in [7, 11) is 0.